The van der Waals surface area contributed by atoms with Gasteiger partial charge in [-0.1, -0.05) is 49.4 Å². The minimum atomic E-state index is -0.962. The molecule has 0 heterocycles. The van der Waals surface area contributed by atoms with Crippen LogP contribution < -0.4 is 0 Å². The maximum Gasteiger partial charge on any atom is 0.306 e. The number of hydrogen-bond acceptors (Lipinski definition) is 3. The molecule has 0 saturated heterocycles. The van der Waals surface area contributed by atoms with Crippen molar-refractivity contribution in [2.24, 2.45) is 5.92 Å². The van der Waals surface area contributed by atoms with Gasteiger partial charge in [-0.2, -0.15) is 0 Å². The Kier molecular flexibility index (Phi) is 4.33. The van der Waals surface area contributed by atoms with Gasteiger partial charge in [0.15, 0.2) is 0 Å². The van der Waals surface area contributed by atoms with Crippen LogP contribution in [0.15, 0.2) is 48.5 Å². The van der Waals surface area contributed by atoms with Crippen molar-refractivity contribution in [3.05, 3.63) is 64.2 Å². The fourth-order valence-corrected chi connectivity index (χ4v) is 2.13. The van der Waals surface area contributed by atoms with Crippen molar-refractivity contribution in [2.75, 3.05) is 0 Å². The molecule has 0 saturated carbocycles. The van der Waals surface area contributed by atoms with Gasteiger partial charge in [-0.25, -0.2) is 0 Å². The number of carbonyl (C=O) groups is 1. The number of aliphatic carboxylic acids is 1. The number of nitro groups is 1. The van der Waals surface area contributed by atoms with Crippen LogP contribution in [0.4, 0.5) is 5.69 Å². The van der Waals surface area contributed by atoms with Crippen LogP contribution in [0.2, 0.25) is 0 Å². The lowest BCUT2D eigenvalue weighted by atomic mass is 9.96. The Morgan fingerprint density at radius 1 is 1.19 bits per heavy atom. The molecule has 108 valence electrons. The second-order valence-corrected chi connectivity index (χ2v) is 4.91. The second kappa shape index (κ2) is 6.17. The monoisotopic (exact) mass is 285 g/mol. The zero-order valence-electron chi connectivity index (χ0n) is 11.5. The van der Waals surface area contributed by atoms with Crippen molar-refractivity contribution in [2.45, 2.75) is 13.3 Å². The molecule has 5 nitrogen and oxygen atoms in total. The molecule has 1 N–H and O–H groups in total. The van der Waals surface area contributed by atoms with Crippen molar-refractivity contribution in [3.63, 3.8) is 0 Å². The highest BCUT2D eigenvalue weighted by Gasteiger charge is 2.20. The molecule has 0 fully saturated rings. The van der Waals surface area contributed by atoms with Gasteiger partial charge in [0.05, 0.1) is 10.8 Å². The summed E-state index contributed by atoms with van der Waals surface area (Å²) in [5.74, 6) is -1.62. The van der Waals surface area contributed by atoms with Gasteiger partial charge in [0, 0.05) is 11.6 Å². The number of carboxylic acids is 1. The summed E-state index contributed by atoms with van der Waals surface area (Å²) in [4.78, 5) is 21.7. The normalized spacial score (nSPS) is 11.9. The van der Waals surface area contributed by atoms with E-state index in [0.29, 0.717) is 5.56 Å². The predicted molar refractivity (Wildman–Crippen MR) is 79.0 cm³/mol. The summed E-state index contributed by atoms with van der Waals surface area (Å²) >= 11 is 0. The molecule has 0 aliphatic heterocycles. The van der Waals surface area contributed by atoms with E-state index in [9.17, 15) is 14.9 Å². The Morgan fingerprint density at radius 3 is 2.43 bits per heavy atom. The first kappa shape index (κ1) is 14.7. The summed E-state index contributed by atoms with van der Waals surface area (Å²) < 4.78 is 0. The number of nitrogens with zero attached hydrogens (tertiary/aromatic N) is 1. The zero-order valence-corrected chi connectivity index (χ0v) is 11.5. The fraction of sp³-hybridized carbons (Fsp3) is 0.188. The van der Waals surface area contributed by atoms with Crippen LogP contribution in [0, 0.1) is 16.0 Å². The van der Waals surface area contributed by atoms with E-state index in [1.807, 2.05) is 30.3 Å². The molecule has 0 spiro atoms. The van der Waals surface area contributed by atoms with Crippen molar-refractivity contribution < 1.29 is 14.8 Å². The van der Waals surface area contributed by atoms with Crippen LogP contribution in [0.25, 0.3) is 11.1 Å². The van der Waals surface area contributed by atoms with Crippen molar-refractivity contribution >= 4 is 11.7 Å². The highest BCUT2D eigenvalue weighted by molar-refractivity contribution is 5.71. The first-order valence-corrected chi connectivity index (χ1v) is 6.54. The number of hydrogen-bond donors (Lipinski definition) is 1. The zero-order chi connectivity index (χ0) is 15.4. The molecule has 0 aromatic heterocycles. The number of carboxylic acid groups (broad SMARTS) is 1. The Hall–Kier alpha value is -2.69. The van der Waals surface area contributed by atoms with Gasteiger partial charge in [-0.15, -0.1) is 0 Å². The lowest BCUT2D eigenvalue weighted by molar-refractivity contribution is -0.385. The molecular formula is C16H15NO4. The third-order valence-electron chi connectivity index (χ3n) is 3.34. The molecule has 1 atom stereocenters. The lowest BCUT2D eigenvalue weighted by Gasteiger charge is -2.09. The van der Waals surface area contributed by atoms with Gasteiger partial charge in [0.25, 0.3) is 5.69 Å². The minimum absolute atomic E-state index is 0.0375. The summed E-state index contributed by atoms with van der Waals surface area (Å²) in [6.45, 7) is 1.54. The molecule has 21 heavy (non-hydrogen) atoms. The maximum absolute atomic E-state index is 11.2. The van der Waals surface area contributed by atoms with Crippen LogP contribution in [0.3, 0.4) is 0 Å². The second-order valence-electron chi connectivity index (χ2n) is 4.91. The molecule has 5 heteroatoms. The fourth-order valence-electron chi connectivity index (χ4n) is 2.13. The molecule has 2 aromatic carbocycles. The van der Waals surface area contributed by atoms with Crippen molar-refractivity contribution in [1.82, 2.24) is 0 Å². The molecular weight excluding hydrogens is 270 g/mol. The van der Waals surface area contributed by atoms with Gasteiger partial charge in [0.2, 0.25) is 0 Å². The highest BCUT2D eigenvalue weighted by Crippen LogP contribution is 2.28. The highest BCUT2D eigenvalue weighted by atomic mass is 16.6. The Bertz CT molecular complexity index is 667. The summed E-state index contributed by atoms with van der Waals surface area (Å²) in [6, 6.07) is 14.3. The average molecular weight is 285 g/mol. The van der Waals surface area contributed by atoms with Crippen LogP contribution in [-0.2, 0) is 11.2 Å². The van der Waals surface area contributed by atoms with Gasteiger partial charge < -0.3 is 5.11 Å². The van der Waals surface area contributed by atoms with E-state index in [0.717, 1.165) is 11.1 Å². The molecule has 2 rings (SSSR count). The summed E-state index contributed by atoms with van der Waals surface area (Å²) in [7, 11) is 0. The predicted octanol–water partition coefficient (Wildman–Crippen LogP) is 3.53. The van der Waals surface area contributed by atoms with E-state index in [-0.39, 0.29) is 12.1 Å². The lowest BCUT2D eigenvalue weighted by Crippen LogP contribution is -2.13. The number of benzene rings is 2. The van der Waals surface area contributed by atoms with E-state index in [4.69, 9.17) is 5.11 Å². The quantitative estimate of drug-likeness (QED) is 0.673. The van der Waals surface area contributed by atoms with Crippen LogP contribution in [0.1, 0.15) is 12.5 Å². The summed E-state index contributed by atoms with van der Waals surface area (Å²) in [5, 5.41) is 20.2. The number of nitro benzene ring substituents is 1. The molecule has 1 unspecified atom stereocenters. The maximum atomic E-state index is 11.2. The van der Waals surface area contributed by atoms with Crippen LogP contribution >= 0.6 is 0 Å². The van der Waals surface area contributed by atoms with E-state index in [1.165, 1.54) is 13.0 Å². The van der Waals surface area contributed by atoms with Gasteiger partial charge in [-0.05, 0) is 17.5 Å². The van der Waals surface area contributed by atoms with Gasteiger partial charge in [0.1, 0.15) is 0 Å². The van der Waals surface area contributed by atoms with Crippen LogP contribution in [-0.4, -0.2) is 16.0 Å². The van der Waals surface area contributed by atoms with Crippen molar-refractivity contribution in [1.29, 1.82) is 0 Å². The molecule has 0 aliphatic carbocycles. The smallest absolute Gasteiger partial charge is 0.306 e. The van der Waals surface area contributed by atoms with E-state index in [1.54, 1.807) is 12.1 Å². The first-order chi connectivity index (χ1) is 9.99. The Balaban J connectivity index is 2.40. The molecule has 0 bridgehead atoms. The van der Waals surface area contributed by atoms with E-state index >= 15 is 0 Å². The van der Waals surface area contributed by atoms with Crippen molar-refractivity contribution in [3.8, 4) is 11.1 Å². The average Bonchev–Trinajstić information content (AvgIpc) is 2.48. The SMILES string of the molecule is CC(Cc1ccc(-c2ccccc2)cc1[N+](=O)[O-])C(=O)O. The molecule has 0 radical (unpaired) electrons. The van der Waals surface area contributed by atoms with Crippen LogP contribution in [0.5, 0.6) is 0 Å². The topological polar surface area (TPSA) is 80.4 Å². The molecule has 0 amide bonds. The third-order valence-corrected chi connectivity index (χ3v) is 3.34. The Morgan fingerprint density at radius 2 is 1.86 bits per heavy atom. The summed E-state index contributed by atoms with van der Waals surface area (Å²) in [5.41, 5.74) is 2.03. The summed E-state index contributed by atoms with van der Waals surface area (Å²) in [6.07, 6.45) is 0.140. The first-order valence-electron chi connectivity index (χ1n) is 6.54. The van der Waals surface area contributed by atoms with E-state index < -0.39 is 16.8 Å². The van der Waals surface area contributed by atoms with Gasteiger partial charge >= 0.3 is 5.97 Å². The van der Waals surface area contributed by atoms with E-state index in [2.05, 4.69) is 0 Å². The van der Waals surface area contributed by atoms with Gasteiger partial charge in [-0.3, -0.25) is 14.9 Å². The largest absolute Gasteiger partial charge is 0.481 e. The Labute approximate surface area is 122 Å². The molecule has 0 aliphatic rings. The number of rotatable bonds is 5. The molecule has 2 aromatic rings. The third kappa shape index (κ3) is 3.45. The standard InChI is InChI=1S/C16H15NO4/c1-11(16(18)19)9-14-8-7-13(10-15(14)17(20)21)12-5-3-2-4-6-12/h2-8,10-11H,9H2,1H3,(H,18,19). The minimum Gasteiger partial charge on any atom is -0.481 e.